The van der Waals surface area contributed by atoms with Crippen LogP contribution in [0.15, 0.2) is 54.6 Å². The van der Waals surface area contributed by atoms with E-state index in [0.29, 0.717) is 18.4 Å². The zero-order chi connectivity index (χ0) is 20.1. The SMILES string of the molecule is CCC=Cc1nc(OC)nn1Cc1ccc(-c2ccccc2-c2nn[nH]n2)cc1. The highest BCUT2D eigenvalue weighted by Crippen LogP contribution is 2.29. The minimum atomic E-state index is 0.367. The van der Waals surface area contributed by atoms with E-state index in [4.69, 9.17) is 4.74 Å². The van der Waals surface area contributed by atoms with Crippen LogP contribution in [0, 0.1) is 0 Å². The van der Waals surface area contributed by atoms with Crippen molar-refractivity contribution in [3.63, 3.8) is 0 Å². The summed E-state index contributed by atoms with van der Waals surface area (Å²) in [5, 5.41) is 18.8. The summed E-state index contributed by atoms with van der Waals surface area (Å²) in [6.07, 6.45) is 4.95. The van der Waals surface area contributed by atoms with Crippen molar-refractivity contribution in [2.24, 2.45) is 0 Å². The molecular formula is C21H21N7O. The van der Waals surface area contributed by atoms with Crippen LogP contribution in [0.5, 0.6) is 6.01 Å². The maximum Gasteiger partial charge on any atom is 0.335 e. The number of allylic oxidation sites excluding steroid dienone is 1. The molecule has 0 amide bonds. The lowest BCUT2D eigenvalue weighted by Crippen LogP contribution is -2.04. The first-order chi connectivity index (χ1) is 14.3. The van der Waals surface area contributed by atoms with E-state index in [1.54, 1.807) is 7.11 Å². The van der Waals surface area contributed by atoms with Crippen LogP contribution in [0.2, 0.25) is 0 Å². The highest BCUT2D eigenvalue weighted by Gasteiger charge is 2.12. The fourth-order valence-corrected chi connectivity index (χ4v) is 3.05. The Balaban J connectivity index is 1.60. The molecule has 146 valence electrons. The van der Waals surface area contributed by atoms with Gasteiger partial charge < -0.3 is 4.74 Å². The number of nitrogens with zero attached hydrogens (tertiary/aromatic N) is 6. The van der Waals surface area contributed by atoms with Gasteiger partial charge in [-0.3, -0.25) is 0 Å². The molecule has 0 aliphatic heterocycles. The molecule has 2 aromatic heterocycles. The Labute approximate surface area is 168 Å². The number of tetrazole rings is 1. The number of aromatic amines is 1. The van der Waals surface area contributed by atoms with Gasteiger partial charge in [-0.15, -0.1) is 15.3 Å². The summed E-state index contributed by atoms with van der Waals surface area (Å²) < 4.78 is 7.02. The van der Waals surface area contributed by atoms with Gasteiger partial charge in [0.2, 0.25) is 5.82 Å². The molecule has 0 saturated heterocycles. The maximum absolute atomic E-state index is 5.18. The second-order valence-electron chi connectivity index (χ2n) is 6.40. The van der Waals surface area contributed by atoms with Crippen molar-refractivity contribution in [1.29, 1.82) is 0 Å². The number of benzene rings is 2. The molecule has 2 aromatic carbocycles. The lowest BCUT2D eigenvalue weighted by Gasteiger charge is -2.08. The van der Waals surface area contributed by atoms with E-state index in [0.717, 1.165) is 34.5 Å². The molecule has 0 radical (unpaired) electrons. The van der Waals surface area contributed by atoms with E-state index in [1.165, 1.54) is 0 Å². The van der Waals surface area contributed by atoms with Gasteiger partial charge in [-0.25, -0.2) is 4.68 Å². The summed E-state index contributed by atoms with van der Waals surface area (Å²) in [4.78, 5) is 4.39. The molecular weight excluding hydrogens is 366 g/mol. The van der Waals surface area contributed by atoms with Crippen molar-refractivity contribution in [2.75, 3.05) is 7.11 Å². The maximum atomic E-state index is 5.18. The van der Waals surface area contributed by atoms with Gasteiger partial charge >= 0.3 is 6.01 Å². The predicted molar refractivity (Wildman–Crippen MR) is 110 cm³/mol. The Morgan fingerprint density at radius 1 is 1.07 bits per heavy atom. The van der Waals surface area contributed by atoms with Crippen LogP contribution < -0.4 is 4.74 Å². The van der Waals surface area contributed by atoms with Crippen LogP contribution in [-0.4, -0.2) is 42.5 Å². The second-order valence-corrected chi connectivity index (χ2v) is 6.40. The molecule has 0 fully saturated rings. The molecule has 0 spiro atoms. The summed E-state index contributed by atoms with van der Waals surface area (Å²) in [6.45, 7) is 2.69. The van der Waals surface area contributed by atoms with Crippen LogP contribution in [-0.2, 0) is 6.54 Å². The summed E-state index contributed by atoms with van der Waals surface area (Å²) >= 11 is 0. The van der Waals surface area contributed by atoms with Crippen LogP contribution in [0.1, 0.15) is 24.7 Å². The van der Waals surface area contributed by atoms with Gasteiger partial charge in [-0.1, -0.05) is 61.5 Å². The average molecular weight is 387 g/mol. The third-order valence-electron chi connectivity index (χ3n) is 4.48. The van der Waals surface area contributed by atoms with Crippen LogP contribution >= 0.6 is 0 Å². The van der Waals surface area contributed by atoms with Gasteiger partial charge in [-0.2, -0.15) is 10.2 Å². The Morgan fingerprint density at radius 2 is 1.86 bits per heavy atom. The normalized spacial score (nSPS) is 11.2. The Bertz CT molecular complexity index is 1100. The van der Waals surface area contributed by atoms with Gasteiger partial charge in [0.15, 0.2) is 5.82 Å². The van der Waals surface area contributed by atoms with Crippen molar-refractivity contribution < 1.29 is 4.74 Å². The van der Waals surface area contributed by atoms with Crippen molar-refractivity contribution >= 4 is 6.08 Å². The standard InChI is InChI=1S/C21H21N7O/c1-3-4-9-19-22-21(29-2)25-28(19)14-15-10-12-16(13-11-15)17-7-5-6-8-18(17)20-23-26-27-24-20/h4-13H,3,14H2,1-2H3,(H,23,24,26,27). The number of hydrogen-bond acceptors (Lipinski definition) is 6. The first kappa shape index (κ1) is 18.5. The quantitative estimate of drug-likeness (QED) is 0.521. The lowest BCUT2D eigenvalue weighted by molar-refractivity contribution is 0.377. The zero-order valence-electron chi connectivity index (χ0n) is 16.3. The number of rotatable bonds is 7. The van der Waals surface area contributed by atoms with Gasteiger partial charge in [-0.05, 0) is 34.4 Å². The van der Waals surface area contributed by atoms with E-state index < -0.39 is 0 Å². The number of methoxy groups -OCH3 is 1. The van der Waals surface area contributed by atoms with E-state index in [9.17, 15) is 0 Å². The van der Waals surface area contributed by atoms with E-state index >= 15 is 0 Å². The first-order valence-corrected chi connectivity index (χ1v) is 9.36. The molecule has 0 aliphatic carbocycles. The Morgan fingerprint density at radius 3 is 2.55 bits per heavy atom. The number of H-pyrrole nitrogens is 1. The van der Waals surface area contributed by atoms with Crippen LogP contribution in [0.25, 0.3) is 28.6 Å². The number of nitrogens with one attached hydrogen (secondary N) is 1. The molecule has 0 bridgehead atoms. The zero-order valence-corrected chi connectivity index (χ0v) is 16.3. The van der Waals surface area contributed by atoms with Crippen molar-refractivity contribution in [2.45, 2.75) is 19.9 Å². The van der Waals surface area contributed by atoms with Gasteiger partial charge in [0.1, 0.15) is 0 Å². The molecule has 8 heteroatoms. The number of aromatic nitrogens is 7. The summed E-state index contributed by atoms with van der Waals surface area (Å²) in [6, 6.07) is 16.7. The van der Waals surface area contributed by atoms with Gasteiger partial charge in [0.25, 0.3) is 0 Å². The fraction of sp³-hybridized carbons (Fsp3) is 0.190. The van der Waals surface area contributed by atoms with Crippen LogP contribution in [0.4, 0.5) is 0 Å². The molecule has 8 nitrogen and oxygen atoms in total. The van der Waals surface area contributed by atoms with Gasteiger partial charge in [0, 0.05) is 5.56 Å². The Hall–Kier alpha value is -3.81. The highest BCUT2D eigenvalue weighted by molar-refractivity contribution is 5.80. The minimum absolute atomic E-state index is 0.367. The molecule has 4 aromatic rings. The second kappa shape index (κ2) is 8.47. The average Bonchev–Trinajstić information content (AvgIpc) is 3.43. The fourth-order valence-electron chi connectivity index (χ4n) is 3.05. The molecule has 0 saturated carbocycles. The topological polar surface area (TPSA) is 94.4 Å². The summed E-state index contributed by atoms with van der Waals surface area (Å²) in [5.74, 6) is 1.35. The molecule has 29 heavy (non-hydrogen) atoms. The predicted octanol–water partition coefficient (Wildman–Crippen LogP) is 3.61. The molecule has 0 aliphatic rings. The third-order valence-corrected chi connectivity index (χ3v) is 4.48. The van der Waals surface area contributed by atoms with Gasteiger partial charge in [0.05, 0.1) is 13.7 Å². The highest BCUT2D eigenvalue weighted by atomic mass is 16.5. The van der Waals surface area contributed by atoms with Crippen molar-refractivity contribution in [3.8, 4) is 28.5 Å². The molecule has 2 heterocycles. The molecule has 1 N–H and O–H groups in total. The first-order valence-electron chi connectivity index (χ1n) is 9.36. The largest absolute Gasteiger partial charge is 0.466 e. The van der Waals surface area contributed by atoms with E-state index in [1.807, 2.05) is 29.0 Å². The Kier molecular flexibility index (Phi) is 5.42. The monoisotopic (exact) mass is 387 g/mol. The molecule has 0 unspecified atom stereocenters. The third kappa shape index (κ3) is 4.06. The molecule has 4 rings (SSSR count). The van der Waals surface area contributed by atoms with Crippen molar-refractivity contribution in [3.05, 3.63) is 66.0 Å². The van der Waals surface area contributed by atoms with E-state index in [2.05, 4.69) is 74.0 Å². The minimum Gasteiger partial charge on any atom is -0.466 e. The van der Waals surface area contributed by atoms with Crippen LogP contribution in [0.3, 0.4) is 0 Å². The smallest absolute Gasteiger partial charge is 0.335 e. The van der Waals surface area contributed by atoms with E-state index in [-0.39, 0.29) is 0 Å². The van der Waals surface area contributed by atoms with Crippen molar-refractivity contribution in [1.82, 2.24) is 35.4 Å². The number of ether oxygens (including phenoxy) is 1. The summed E-state index contributed by atoms with van der Waals surface area (Å²) in [7, 11) is 1.57. The molecule has 0 atom stereocenters. The summed E-state index contributed by atoms with van der Waals surface area (Å²) in [5.41, 5.74) is 4.18. The number of hydrogen-bond donors (Lipinski definition) is 1. The lowest BCUT2D eigenvalue weighted by atomic mass is 9.98.